The first kappa shape index (κ1) is 16.9. The van der Waals surface area contributed by atoms with Crippen molar-refractivity contribution < 1.29 is 14.2 Å². The van der Waals surface area contributed by atoms with E-state index in [9.17, 15) is 9.59 Å². The van der Waals surface area contributed by atoms with E-state index in [1.807, 2.05) is 35.8 Å². The van der Waals surface area contributed by atoms with Crippen LogP contribution in [0.25, 0.3) is 0 Å². The monoisotopic (exact) mass is 340 g/mol. The van der Waals surface area contributed by atoms with Crippen LogP contribution in [-0.2, 0) is 11.3 Å². The Morgan fingerprint density at radius 1 is 1.24 bits per heavy atom. The number of likely N-dealkylation sites (N-methyl/N-ethyl adjacent to an activating group) is 2. The van der Waals surface area contributed by atoms with Gasteiger partial charge in [0.1, 0.15) is 0 Å². The molecule has 1 atom stereocenters. The number of nitrogens with zero attached hydrogens (tertiary/aromatic N) is 4. The average molecular weight is 340 g/mol. The molecule has 3 amide bonds. The normalized spacial score (nSPS) is 20.0. The lowest BCUT2D eigenvalue weighted by Gasteiger charge is -2.31. The summed E-state index contributed by atoms with van der Waals surface area (Å²) < 4.78 is 1.89. The maximum absolute atomic E-state index is 12.7. The van der Waals surface area contributed by atoms with Gasteiger partial charge in [-0.05, 0) is 12.5 Å². The Bertz CT molecular complexity index is 794. The van der Waals surface area contributed by atoms with Crippen molar-refractivity contribution in [3.05, 3.63) is 48.0 Å². The van der Waals surface area contributed by atoms with E-state index >= 15 is 0 Å². The number of urea groups is 1. The molecule has 25 heavy (non-hydrogen) atoms. The molecule has 1 saturated heterocycles. The number of rotatable bonds is 4. The van der Waals surface area contributed by atoms with Crippen molar-refractivity contribution in [1.29, 1.82) is 0 Å². The van der Waals surface area contributed by atoms with E-state index < -0.39 is 6.04 Å². The topological polar surface area (TPSA) is 68.0 Å². The van der Waals surface area contributed by atoms with Gasteiger partial charge in [-0.25, -0.2) is 9.37 Å². The summed E-state index contributed by atoms with van der Waals surface area (Å²) in [6, 6.07) is 7.15. The quantitative estimate of drug-likeness (QED) is 0.655. The number of fused-ring (bicyclic) bond motifs is 1. The molecule has 0 saturated carbocycles. The van der Waals surface area contributed by atoms with Crippen LogP contribution < -0.4 is 5.32 Å². The molecule has 1 N–H and O–H groups in total. The minimum Gasteiger partial charge on any atom is -0.271 e. The summed E-state index contributed by atoms with van der Waals surface area (Å²) in [7, 11) is 3.13. The van der Waals surface area contributed by atoms with Gasteiger partial charge in [-0.15, -0.1) is 0 Å². The Morgan fingerprint density at radius 3 is 2.56 bits per heavy atom. The zero-order valence-electron chi connectivity index (χ0n) is 14.7. The number of aryl methyl sites for hydroxylation is 1. The third-order valence-corrected chi connectivity index (χ3v) is 4.41. The van der Waals surface area contributed by atoms with E-state index in [-0.39, 0.29) is 11.9 Å². The molecule has 2 aliphatic heterocycles. The first-order chi connectivity index (χ1) is 11.9. The largest absolute Gasteiger partial charge is 0.390 e. The lowest BCUT2D eigenvalue weighted by atomic mass is 10.1. The minimum atomic E-state index is -0.610. The lowest BCUT2D eigenvalue weighted by molar-refractivity contribution is -0.552. The van der Waals surface area contributed by atoms with Crippen LogP contribution >= 0.6 is 0 Å². The molecule has 1 aromatic rings. The molecule has 0 radical (unpaired) electrons. The van der Waals surface area contributed by atoms with E-state index in [0.29, 0.717) is 24.9 Å². The van der Waals surface area contributed by atoms with Crippen LogP contribution in [-0.4, -0.2) is 64.8 Å². The number of amides is 3. The van der Waals surface area contributed by atoms with E-state index in [0.717, 1.165) is 10.5 Å². The second-order valence-electron chi connectivity index (χ2n) is 6.22. The number of carbonyl (C=O) groups excluding carboxylic acids is 2. The number of hydrogen-bond acceptors (Lipinski definition) is 4. The second kappa shape index (κ2) is 6.51. The van der Waals surface area contributed by atoms with Crippen LogP contribution in [0.4, 0.5) is 4.79 Å². The molecule has 130 valence electrons. The summed E-state index contributed by atoms with van der Waals surface area (Å²) in [4.78, 5) is 32.0. The third kappa shape index (κ3) is 2.93. The molecular weight excluding hydrogens is 318 g/mol. The molecule has 2 heterocycles. The summed E-state index contributed by atoms with van der Waals surface area (Å²) in [5.41, 5.74) is 2.24. The van der Waals surface area contributed by atoms with Gasteiger partial charge in [-0.1, -0.05) is 47.5 Å². The Hall–Kier alpha value is -2.96. The van der Waals surface area contributed by atoms with Crippen molar-refractivity contribution in [3.63, 3.8) is 0 Å². The molecule has 1 aromatic carbocycles. The predicted molar refractivity (Wildman–Crippen MR) is 95.5 cm³/mol. The highest BCUT2D eigenvalue weighted by Gasteiger charge is 2.51. The lowest BCUT2D eigenvalue weighted by Crippen LogP contribution is -2.61. The maximum Gasteiger partial charge on any atom is 0.390 e. The first-order valence-electron chi connectivity index (χ1n) is 8.11. The number of guanidine groups is 1. The number of imide groups is 1. The average Bonchev–Trinajstić information content (AvgIpc) is 2.96. The summed E-state index contributed by atoms with van der Waals surface area (Å²) in [5, 5.41) is 3.17. The summed E-state index contributed by atoms with van der Waals surface area (Å²) >= 11 is 0. The van der Waals surface area contributed by atoms with Crippen molar-refractivity contribution in [2.75, 3.05) is 20.6 Å². The smallest absolute Gasteiger partial charge is 0.271 e. The van der Waals surface area contributed by atoms with E-state index in [1.165, 1.54) is 17.5 Å². The molecule has 0 aromatic heterocycles. The number of aliphatic imine (C=N–C) groups is 1. The van der Waals surface area contributed by atoms with E-state index in [2.05, 4.69) is 16.9 Å². The Kier molecular flexibility index (Phi) is 4.39. The number of carbonyl (C=O) groups is 2. The number of nitrogens with one attached hydrogen (secondary N) is 1. The zero-order valence-corrected chi connectivity index (χ0v) is 14.7. The van der Waals surface area contributed by atoms with Gasteiger partial charge in [-0.3, -0.25) is 19.9 Å². The van der Waals surface area contributed by atoms with Gasteiger partial charge in [0.05, 0.1) is 13.1 Å². The van der Waals surface area contributed by atoms with Crippen LogP contribution in [0.15, 0.2) is 41.9 Å². The van der Waals surface area contributed by atoms with Crippen molar-refractivity contribution in [3.8, 4) is 0 Å². The zero-order chi connectivity index (χ0) is 18.1. The number of benzene rings is 1. The highest BCUT2D eigenvalue weighted by atomic mass is 16.2. The summed E-state index contributed by atoms with van der Waals surface area (Å²) in [6.45, 7) is 6.77. The summed E-state index contributed by atoms with van der Waals surface area (Å²) in [6.07, 6.45) is 1.72. The molecule has 1 fully saturated rings. The predicted octanol–water partition coefficient (Wildman–Crippen LogP) is 0.944. The SMILES string of the molecule is C=CCNC1=[N+](Cc2ccc(C)cc2)C2C(=O)N(C)C(=O)N(C)C2=N1. The molecular formula is C18H22N5O2+. The fourth-order valence-electron chi connectivity index (χ4n) is 2.96. The highest BCUT2D eigenvalue weighted by molar-refractivity contribution is 6.22. The highest BCUT2D eigenvalue weighted by Crippen LogP contribution is 2.20. The van der Waals surface area contributed by atoms with Gasteiger partial charge in [0.2, 0.25) is 11.9 Å². The molecule has 3 rings (SSSR count). The molecule has 7 heteroatoms. The molecule has 0 spiro atoms. The molecule has 7 nitrogen and oxygen atoms in total. The van der Waals surface area contributed by atoms with Gasteiger partial charge < -0.3 is 0 Å². The Morgan fingerprint density at radius 2 is 1.92 bits per heavy atom. The van der Waals surface area contributed by atoms with Crippen LogP contribution in [0.3, 0.4) is 0 Å². The number of hydrogen-bond donors (Lipinski definition) is 1. The molecule has 0 bridgehead atoms. The van der Waals surface area contributed by atoms with Crippen LogP contribution in [0, 0.1) is 6.92 Å². The van der Waals surface area contributed by atoms with Crippen LogP contribution in [0.1, 0.15) is 11.1 Å². The summed E-state index contributed by atoms with van der Waals surface area (Å²) in [5.74, 6) is 0.750. The van der Waals surface area contributed by atoms with Crippen molar-refractivity contribution in [2.45, 2.75) is 19.5 Å². The van der Waals surface area contributed by atoms with Crippen molar-refractivity contribution in [2.24, 2.45) is 4.99 Å². The van der Waals surface area contributed by atoms with Gasteiger partial charge in [-0.2, -0.15) is 0 Å². The maximum atomic E-state index is 12.7. The standard InChI is InChI=1S/C18H21N5O2/c1-5-10-19-17-20-15-14(16(24)22(4)18(25)21(15)3)23(17)11-13-8-6-12(2)7-9-13/h5-9,14H,1,10-11H2,2-4H3/p+1. The fourth-order valence-corrected chi connectivity index (χ4v) is 2.96. The molecule has 1 unspecified atom stereocenters. The van der Waals surface area contributed by atoms with E-state index in [4.69, 9.17) is 0 Å². The van der Waals surface area contributed by atoms with Crippen molar-refractivity contribution >= 4 is 23.7 Å². The first-order valence-corrected chi connectivity index (χ1v) is 8.11. The van der Waals surface area contributed by atoms with E-state index in [1.54, 1.807) is 13.1 Å². The fraction of sp³-hybridized carbons (Fsp3) is 0.333. The van der Waals surface area contributed by atoms with Crippen LogP contribution in [0.5, 0.6) is 0 Å². The number of amidine groups is 1. The molecule has 2 aliphatic rings. The van der Waals surface area contributed by atoms with Gasteiger partial charge >= 0.3 is 12.0 Å². The van der Waals surface area contributed by atoms with Crippen LogP contribution in [0.2, 0.25) is 0 Å². The Balaban J connectivity index is 1.99. The Labute approximate surface area is 147 Å². The third-order valence-electron chi connectivity index (χ3n) is 4.41. The minimum absolute atomic E-state index is 0.274. The second-order valence-corrected chi connectivity index (χ2v) is 6.22. The van der Waals surface area contributed by atoms with Gasteiger partial charge in [0, 0.05) is 14.1 Å². The molecule has 0 aliphatic carbocycles. The van der Waals surface area contributed by atoms with Gasteiger partial charge in [0.25, 0.3) is 5.91 Å². The van der Waals surface area contributed by atoms with Gasteiger partial charge in [0.15, 0.2) is 0 Å². The van der Waals surface area contributed by atoms with Crippen molar-refractivity contribution in [1.82, 2.24) is 15.1 Å².